The van der Waals surface area contributed by atoms with E-state index in [2.05, 4.69) is 36.9 Å². The van der Waals surface area contributed by atoms with Gasteiger partial charge in [-0.25, -0.2) is 0 Å². The molecule has 0 aromatic heterocycles. The Bertz CT molecular complexity index is 336. The van der Waals surface area contributed by atoms with Crippen molar-refractivity contribution in [3.05, 3.63) is 0 Å². The molecule has 2 fully saturated rings. The summed E-state index contributed by atoms with van der Waals surface area (Å²) in [6, 6.07) is 3.76. The van der Waals surface area contributed by atoms with Crippen molar-refractivity contribution in [3.8, 4) is 6.07 Å². The minimum atomic E-state index is 0.250. The van der Waals surface area contributed by atoms with Crippen LogP contribution < -0.4 is 0 Å². The van der Waals surface area contributed by atoms with E-state index in [4.69, 9.17) is 0 Å². The predicted octanol–water partition coefficient (Wildman–Crippen LogP) is 3.12. The van der Waals surface area contributed by atoms with Gasteiger partial charge in [0.05, 0.1) is 12.0 Å². The minimum absolute atomic E-state index is 0.250. The molecule has 0 N–H and O–H groups in total. The zero-order valence-corrected chi connectivity index (χ0v) is 13.5. The SMILES string of the molecule is CCCC1CCC(C#N)C(N(C)CC2CCCN2C)C1. The summed E-state index contributed by atoms with van der Waals surface area (Å²) in [5, 5.41) is 9.45. The van der Waals surface area contributed by atoms with Crippen LogP contribution in [0.2, 0.25) is 0 Å². The fraction of sp³-hybridized carbons (Fsp3) is 0.941. The second kappa shape index (κ2) is 7.43. The van der Waals surface area contributed by atoms with Crippen LogP contribution in [-0.4, -0.2) is 49.1 Å². The maximum absolute atomic E-state index is 9.45. The number of likely N-dealkylation sites (tertiary alicyclic amines) is 1. The van der Waals surface area contributed by atoms with E-state index in [1.54, 1.807) is 0 Å². The van der Waals surface area contributed by atoms with Gasteiger partial charge in [0.15, 0.2) is 0 Å². The van der Waals surface area contributed by atoms with Crippen molar-refractivity contribution < 1.29 is 0 Å². The van der Waals surface area contributed by atoms with Crippen LogP contribution in [-0.2, 0) is 0 Å². The van der Waals surface area contributed by atoms with Crippen LogP contribution in [0.3, 0.4) is 0 Å². The standard InChI is InChI=1S/C17H31N3/c1-4-6-14-8-9-15(12-18)17(11-14)20(3)13-16-7-5-10-19(16)2/h14-17H,4-11,13H2,1-3H3. The molecule has 0 aromatic rings. The lowest BCUT2D eigenvalue weighted by Crippen LogP contribution is -2.47. The van der Waals surface area contributed by atoms with Crippen LogP contribution in [0.1, 0.15) is 51.9 Å². The lowest BCUT2D eigenvalue weighted by Gasteiger charge is -2.40. The van der Waals surface area contributed by atoms with E-state index >= 15 is 0 Å². The first kappa shape index (κ1) is 15.8. The van der Waals surface area contributed by atoms with Gasteiger partial charge >= 0.3 is 0 Å². The van der Waals surface area contributed by atoms with Gasteiger partial charge in [0, 0.05) is 18.6 Å². The highest BCUT2D eigenvalue weighted by Crippen LogP contribution is 2.34. The van der Waals surface area contributed by atoms with Crippen molar-refractivity contribution in [3.63, 3.8) is 0 Å². The van der Waals surface area contributed by atoms with Crippen molar-refractivity contribution in [2.75, 3.05) is 27.2 Å². The summed E-state index contributed by atoms with van der Waals surface area (Å²) in [7, 11) is 4.49. The molecule has 20 heavy (non-hydrogen) atoms. The topological polar surface area (TPSA) is 30.3 Å². The van der Waals surface area contributed by atoms with Gasteiger partial charge in [0.2, 0.25) is 0 Å². The summed E-state index contributed by atoms with van der Waals surface area (Å²) < 4.78 is 0. The molecule has 1 aliphatic heterocycles. The Labute approximate surface area is 124 Å². The summed E-state index contributed by atoms with van der Waals surface area (Å²) in [4.78, 5) is 4.99. The van der Waals surface area contributed by atoms with E-state index in [9.17, 15) is 5.26 Å². The van der Waals surface area contributed by atoms with E-state index in [0.29, 0.717) is 12.1 Å². The van der Waals surface area contributed by atoms with Gasteiger partial charge in [-0.3, -0.25) is 0 Å². The molecule has 0 amide bonds. The van der Waals surface area contributed by atoms with Crippen molar-refractivity contribution in [1.82, 2.24) is 9.80 Å². The van der Waals surface area contributed by atoms with Gasteiger partial charge in [-0.15, -0.1) is 0 Å². The normalized spacial score (nSPS) is 35.4. The lowest BCUT2D eigenvalue weighted by atomic mass is 9.76. The third-order valence-corrected chi connectivity index (χ3v) is 5.52. The van der Waals surface area contributed by atoms with Crippen molar-refractivity contribution in [1.29, 1.82) is 5.26 Å². The van der Waals surface area contributed by atoms with E-state index < -0.39 is 0 Å². The second-order valence-electron chi connectivity index (χ2n) is 6.99. The molecule has 114 valence electrons. The predicted molar refractivity (Wildman–Crippen MR) is 83.4 cm³/mol. The first-order chi connectivity index (χ1) is 9.65. The molecular weight excluding hydrogens is 246 g/mol. The number of likely N-dealkylation sites (N-methyl/N-ethyl adjacent to an activating group) is 2. The summed E-state index contributed by atoms with van der Waals surface area (Å²) >= 11 is 0. The Hall–Kier alpha value is -0.590. The van der Waals surface area contributed by atoms with Crippen molar-refractivity contribution in [2.24, 2.45) is 11.8 Å². The molecule has 0 bridgehead atoms. The van der Waals surface area contributed by atoms with Crippen molar-refractivity contribution in [2.45, 2.75) is 64.0 Å². The number of nitrogens with zero attached hydrogens (tertiary/aromatic N) is 3. The number of rotatable bonds is 5. The molecule has 3 nitrogen and oxygen atoms in total. The van der Waals surface area contributed by atoms with Crippen LogP contribution in [0.25, 0.3) is 0 Å². The van der Waals surface area contributed by atoms with Crippen LogP contribution in [0.15, 0.2) is 0 Å². The summed E-state index contributed by atoms with van der Waals surface area (Å²) in [6.45, 7) is 4.66. The Morgan fingerprint density at radius 3 is 2.70 bits per heavy atom. The maximum Gasteiger partial charge on any atom is 0.0672 e. The maximum atomic E-state index is 9.45. The lowest BCUT2D eigenvalue weighted by molar-refractivity contribution is 0.0988. The smallest absolute Gasteiger partial charge is 0.0672 e. The Morgan fingerprint density at radius 1 is 1.30 bits per heavy atom. The quantitative estimate of drug-likeness (QED) is 0.773. The van der Waals surface area contributed by atoms with E-state index in [1.165, 1.54) is 45.1 Å². The molecule has 4 unspecified atom stereocenters. The zero-order valence-electron chi connectivity index (χ0n) is 13.5. The number of hydrogen-bond donors (Lipinski definition) is 0. The Balaban J connectivity index is 1.93. The number of hydrogen-bond acceptors (Lipinski definition) is 3. The van der Waals surface area contributed by atoms with E-state index in [0.717, 1.165) is 18.9 Å². The summed E-state index contributed by atoms with van der Waals surface area (Å²) in [5.41, 5.74) is 0. The van der Waals surface area contributed by atoms with Gasteiger partial charge in [-0.05, 0) is 58.7 Å². The molecule has 1 aliphatic carbocycles. The first-order valence-electron chi connectivity index (χ1n) is 8.45. The van der Waals surface area contributed by atoms with Gasteiger partial charge in [-0.2, -0.15) is 5.26 Å². The van der Waals surface area contributed by atoms with Gasteiger partial charge in [0.1, 0.15) is 0 Å². The Kier molecular flexibility index (Phi) is 5.86. The molecule has 2 aliphatic rings. The first-order valence-corrected chi connectivity index (χ1v) is 8.45. The van der Waals surface area contributed by atoms with Gasteiger partial charge in [-0.1, -0.05) is 19.8 Å². The molecule has 2 rings (SSSR count). The van der Waals surface area contributed by atoms with Crippen LogP contribution >= 0.6 is 0 Å². The Morgan fingerprint density at radius 2 is 2.10 bits per heavy atom. The largest absolute Gasteiger partial charge is 0.302 e. The van der Waals surface area contributed by atoms with Gasteiger partial charge < -0.3 is 9.80 Å². The number of nitriles is 1. The molecule has 1 saturated carbocycles. The molecule has 0 spiro atoms. The van der Waals surface area contributed by atoms with Crippen LogP contribution in [0.4, 0.5) is 0 Å². The van der Waals surface area contributed by atoms with Crippen LogP contribution in [0.5, 0.6) is 0 Å². The average Bonchev–Trinajstić information content (AvgIpc) is 2.84. The third kappa shape index (κ3) is 3.74. The molecular formula is C17H31N3. The minimum Gasteiger partial charge on any atom is -0.302 e. The van der Waals surface area contributed by atoms with Crippen LogP contribution in [0, 0.1) is 23.2 Å². The molecule has 1 heterocycles. The molecule has 4 atom stereocenters. The third-order valence-electron chi connectivity index (χ3n) is 5.52. The average molecular weight is 277 g/mol. The second-order valence-corrected chi connectivity index (χ2v) is 6.99. The fourth-order valence-corrected chi connectivity index (χ4v) is 4.22. The summed E-state index contributed by atoms with van der Waals surface area (Å²) in [5.74, 6) is 1.10. The highest BCUT2D eigenvalue weighted by Gasteiger charge is 2.34. The molecule has 3 heteroatoms. The molecule has 0 radical (unpaired) electrons. The highest BCUT2D eigenvalue weighted by atomic mass is 15.2. The van der Waals surface area contributed by atoms with E-state index in [-0.39, 0.29) is 5.92 Å². The fourth-order valence-electron chi connectivity index (χ4n) is 4.22. The zero-order chi connectivity index (χ0) is 14.5. The monoisotopic (exact) mass is 277 g/mol. The summed E-state index contributed by atoms with van der Waals surface area (Å²) in [6.07, 6.45) is 8.88. The van der Waals surface area contributed by atoms with E-state index in [1.807, 2.05) is 0 Å². The molecule has 1 saturated heterocycles. The molecule has 0 aromatic carbocycles. The highest BCUT2D eigenvalue weighted by molar-refractivity contribution is 4.98. The van der Waals surface area contributed by atoms with Gasteiger partial charge in [0.25, 0.3) is 0 Å². The van der Waals surface area contributed by atoms with Crippen molar-refractivity contribution >= 4 is 0 Å².